The summed E-state index contributed by atoms with van der Waals surface area (Å²) >= 11 is 11.6. The van der Waals surface area contributed by atoms with Crippen LogP contribution < -0.4 is 5.43 Å². The molecule has 0 radical (unpaired) electrons. The van der Waals surface area contributed by atoms with Gasteiger partial charge in [-0.05, 0) is 48.5 Å². The average molecular weight is 406 g/mol. The second kappa shape index (κ2) is 6.96. The second-order valence-corrected chi connectivity index (χ2v) is 8.03. The Bertz CT molecular complexity index is 1240. The van der Waals surface area contributed by atoms with Gasteiger partial charge in [0, 0.05) is 10.0 Å². The van der Waals surface area contributed by atoms with E-state index in [-0.39, 0.29) is 15.8 Å². The van der Waals surface area contributed by atoms with Gasteiger partial charge < -0.3 is 4.42 Å². The van der Waals surface area contributed by atoms with E-state index >= 15 is 0 Å². The zero-order chi connectivity index (χ0) is 18.9. The fraction of sp³-hybridized carbons (Fsp3) is 0. The van der Waals surface area contributed by atoms with Gasteiger partial charge >= 0.3 is 0 Å². The molecular formula is C18H9Cl2NO4S. The van der Waals surface area contributed by atoms with Gasteiger partial charge in [-0.15, -0.1) is 0 Å². The Balaban J connectivity index is 2.17. The molecule has 3 rings (SSSR count). The third-order valence-electron chi connectivity index (χ3n) is 3.57. The zero-order valence-electron chi connectivity index (χ0n) is 12.9. The molecule has 0 amide bonds. The quantitative estimate of drug-likeness (QED) is 0.600. The molecule has 1 aromatic heterocycles. The Labute approximate surface area is 158 Å². The van der Waals surface area contributed by atoms with E-state index in [4.69, 9.17) is 27.6 Å². The number of benzene rings is 2. The number of nitrogens with zero attached hydrogens (tertiary/aromatic N) is 1. The van der Waals surface area contributed by atoms with Gasteiger partial charge in [0.1, 0.15) is 22.8 Å². The third-order valence-corrected chi connectivity index (χ3v) is 5.74. The summed E-state index contributed by atoms with van der Waals surface area (Å²) in [5.74, 6) is 0. The van der Waals surface area contributed by atoms with Crippen molar-refractivity contribution < 1.29 is 12.8 Å². The maximum atomic E-state index is 12.6. The van der Waals surface area contributed by atoms with Crippen molar-refractivity contribution in [2.24, 2.45) is 0 Å². The van der Waals surface area contributed by atoms with Crippen LogP contribution in [0.1, 0.15) is 5.56 Å². The van der Waals surface area contributed by atoms with Crippen LogP contribution >= 0.6 is 23.2 Å². The molecule has 0 unspecified atom stereocenters. The first-order valence-corrected chi connectivity index (χ1v) is 9.40. The number of allylic oxidation sites excluding steroid dienone is 1. The van der Waals surface area contributed by atoms with E-state index in [1.807, 2.05) is 0 Å². The predicted molar refractivity (Wildman–Crippen MR) is 99.7 cm³/mol. The predicted octanol–water partition coefficient (Wildman–Crippen LogP) is 4.44. The Hall–Kier alpha value is -2.59. The highest BCUT2D eigenvalue weighted by Gasteiger charge is 2.21. The summed E-state index contributed by atoms with van der Waals surface area (Å²) in [5.41, 5.74) is -0.266. The highest BCUT2D eigenvalue weighted by Crippen LogP contribution is 2.23. The number of halogens is 2. The molecule has 0 aliphatic heterocycles. The molecule has 0 fully saturated rings. The van der Waals surface area contributed by atoms with Crippen molar-refractivity contribution in [2.75, 3.05) is 0 Å². The summed E-state index contributed by atoms with van der Waals surface area (Å²) in [5, 5.41) is 10.2. The Morgan fingerprint density at radius 3 is 2.38 bits per heavy atom. The van der Waals surface area contributed by atoms with Gasteiger partial charge in [-0.1, -0.05) is 23.2 Å². The molecule has 2 aromatic carbocycles. The van der Waals surface area contributed by atoms with Gasteiger partial charge in [-0.25, -0.2) is 8.42 Å². The van der Waals surface area contributed by atoms with Crippen LogP contribution in [0.4, 0.5) is 0 Å². The maximum absolute atomic E-state index is 12.6. The molecule has 5 nitrogen and oxygen atoms in total. The Kier molecular flexibility index (Phi) is 4.88. The third kappa shape index (κ3) is 3.37. The van der Waals surface area contributed by atoms with Crippen molar-refractivity contribution in [3.8, 4) is 6.07 Å². The first kappa shape index (κ1) is 18.2. The first-order valence-electron chi connectivity index (χ1n) is 7.16. The van der Waals surface area contributed by atoms with Crippen LogP contribution in [0.2, 0.25) is 10.0 Å². The summed E-state index contributed by atoms with van der Waals surface area (Å²) < 4.78 is 30.6. The van der Waals surface area contributed by atoms with Crippen molar-refractivity contribution in [3.05, 3.63) is 79.5 Å². The highest BCUT2D eigenvalue weighted by atomic mass is 35.5. The number of fused-ring (bicyclic) bond motifs is 1. The summed E-state index contributed by atoms with van der Waals surface area (Å²) in [4.78, 5) is 11.9. The largest absolute Gasteiger partial charge is 0.463 e. The minimum atomic E-state index is -4.11. The van der Waals surface area contributed by atoms with E-state index in [1.165, 1.54) is 36.4 Å². The Morgan fingerprint density at radius 1 is 1.08 bits per heavy atom. The van der Waals surface area contributed by atoms with Gasteiger partial charge in [0.2, 0.25) is 9.84 Å². The van der Waals surface area contributed by atoms with E-state index in [2.05, 4.69) is 0 Å². The first-order chi connectivity index (χ1) is 12.3. The molecule has 0 saturated heterocycles. The number of nitriles is 1. The van der Waals surface area contributed by atoms with Gasteiger partial charge in [-0.2, -0.15) is 5.26 Å². The molecule has 1 heterocycles. The van der Waals surface area contributed by atoms with Crippen molar-refractivity contribution in [2.45, 2.75) is 4.90 Å². The minimum absolute atomic E-state index is 0.0751. The zero-order valence-corrected chi connectivity index (χ0v) is 15.3. The maximum Gasteiger partial charge on any atom is 0.216 e. The van der Waals surface area contributed by atoms with E-state index in [0.717, 1.165) is 12.3 Å². The van der Waals surface area contributed by atoms with E-state index in [1.54, 1.807) is 12.1 Å². The highest BCUT2D eigenvalue weighted by molar-refractivity contribution is 7.95. The summed E-state index contributed by atoms with van der Waals surface area (Å²) in [7, 11) is -4.11. The van der Waals surface area contributed by atoms with Crippen LogP contribution in [0.15, 0.2) is 67.7 Å². The lowest BCUT2D eigenvalue weighted by atomic mass is 10.1. The fourth-order valence-corrected chi connectivity index (χ4v) is 3.72. The number of rotatable bonds is 3. The van der Waals surface area contributed by atoms with Gasteiger partial charge in [0.15, 0.2) is 5.43 Å². The van der Waals surface area contributed by atoms with Crippen LogP contribution in [0, 0.1) is 11.3 Å². The van der Waals surface area contributed by atoms with Crippen LogP contribution in [-0.2, 0) is 9.84 Å². The standard InChI is InChI=1S/C18H9Cl2NO4S/c19-12-1-4-14(5-2-12)26(23,24)15(9-21)7-11-10-25-17-6-3-13(20)8-16(17)18(11)22/h1-8,10H/b15-7+. The monoisotopic (exact) mass is 405 g/mol. The SMILES string of the molecule is N#C/C(=C\c1coc2ccc(Cl)cc2c1=O)S(=O)(=O)c1ccc(Cl)cc1. The molecule has 0 atom stereocenters. The number of sulfone groups is 1. The van der Waals surface area contributed by atoms with Crippen LogP contribution in [0.25, 0.3) is 17.0 Å². The van der Waals surface area contributed by atoms with Gasteiger partial charge in [-0.3, -0.25) is 4.79 Å². The van der Waals surface area contributed by atoms with E-state index in [0.29, 0.717) is 15.6 Å². The molecular weight excluding hydrogens is 397 g/mol. The summed E-state index contributed by atoms with van der Waals surface area (Å²) in [6.45, 7) is 0. The van der Waals surface area contributed by atoms with Crippen LogP contribution in [0.3, 0.4) is 0 Å². The topological polar surface area (TPSA) is 88.1 Å². The van der Waals surface area contributed by atoms with Gasteiger partial charge in [0.05, 0.1) is 15.8 Å². The molecule has 130 valence electrons. The molecule has 0 aliphatic carbocycles. The van der Waals surface area contributed by atoms with Crippen molar-refractivity contribution >= 4 is 50.1 Å². The van der Waals surface area contributed by atoms with E-state index < -0.39 is 20.2 Å². The average Bonchev–Trinajstić information content (AvgIpc) is 2.62. The molecule has 26 heavy (non-hydrogen) atoms. The van der Waals surface area contributed by atoms with Crippen molar-refractivity contribution in [1.82, 2.24) is 0 Å². The van der Waals surface area contributed by atoms with Crippen LogP contribution in [0.5, 0.6) is 0 Å². The minimum Gasteiger partial charge on any atom is -0.463 e. The lowest BCUT2D eigenvalue weighted by Gasteiger charge is -2.04. The van der Waals surface area contributed by atoms with Gasteiger partial charge in [0.25, 0.3) is 0 Å². The molecule has 8 heteroatoms. The lowest BCUT2D eigenvalue weighted by Crippen LogP contribution is -2.08. The van der Waals surface area contributed by atoms with Crippen LogP contribution in [-0.4, -0.2) is 8.42 Å². The number of hydrogen-bond donors (Lipinski definition) is 0. The summed E-state index contributed by atoms with van der Waals surface area (Å²) in [6.07, 6.45) is 2.09. The number of hydrogen-bond acceptors (Lipinski definition) is 5. The molecule has 0 saturated carbocycles. The lowest BCUT2D eigenvalue weighted by molar-refractivity contribution is 0.601. The Morgan fingerprint density at radius 2 is 1.73 bits per heavy atom. The molecule has 0 bridgehead atoms. The molecule has 0 spiro atoms. The van der Waals surface area contributed by atoms with E-state index in [9.17, 15) is 18.5 Å². The smallest absolute Gasteiger partial charge is 0.216 e. The second-order valence-electron chi connectivity index (χ2n) is 5.24. The molecule has 0 N–H and O–H groups in total. The summed E-state index contributed by atoms with van der Waals surface area (Å²) in [6, 6.07) is 11.5. The molecule has 3 aromatic rings. The molecule has 0 aliphatic rings. The van der Waals surface area contributed by atoms with Crippen molar-refractivity contribution in [3.63, 3.8) is 0 Å². The fourth-order valence-electron chi connectivity index (χ4n) is 2.27. The van der Waals surface area contributed by atoms with Crippen molar-refractivity contribution in [1.29, 1.82) is 5.26 Å². The normalized spacial score (nSPS) is 12.1.